The van der Waals surface area contributed by atoms with Crippen LogP contribution in [0.15, 0.2) is 18.2 Å². The van der Waals surface area contributed by atoms with Gasteiger partial charge < -0.3 is 10.1 Å². The number of thioether (sulfide) groups is 1. The summed E-state index contributed by atoms with van der Waals surface area (Å²) in [5, 5.41) is 3.19. The van der Waals surface area contributed by atoms with Crippen LogP contribution in [0.5, 0.6) is 0 Å². The Morgan fingerprint density at radius 1 is 1.50 bits per heavy atom. The molecule has 0 fully saturated rings. The van der Waals surface area contributed by atoms with E-state index in [4.69, 9.17) is 16.3 Å². The lowest BCUT2D eigenvalue weighted by Gasteiger charge is -2.07. The Morgan fingerprint density at radius 2 is 2.30 bits per heavy atom. The Balaban J connectivity index is 2.19. The summed E-state index contributed by atoms with van der Waals surface area (Å²) in [4.78, 5) is 11.5. The molecule has 3 nitrogen and oxygen atoms in total. The first-order valence-electron chi connectivity index (χ1n) is 6.50. The molecule has 0 radical (unpaired) electrons. The molecule has 0 bridgehead atoms. The lowest BCUT2D eigenvalue weighted by Crippen LogP contribution is -2.27. The molecule has 0 unspecified atom stereocenters. The zero-order valence-electron chi connectivity index (χ0n) is 11.5. The summed E-state index contributed by atoms with van der Waals surface area (Å²) in [6.45, 7) is 3.87. The van der Waals surface area contributed by atoms with Gasteiger partial charge in [-0.05, 0) is 25.5 Å². The van der Waals surface area contributed by atoms with Crippen molar-refractivity contribution in [2.45, 2.75) is 19.1 Å². The maximum Gasteiger partial charge on any atom is 0.230 e. The van der Waals surface area contributed by atoms with E-state index in [0.717, 1.165) is 6.42 Å². The summed E-state index contributed by atoms with van der Waals surface area (Å²) in [6, 6.07) is 4.58. The highest BCUT2D eigenvalue weighted by Gasteiger charge is 2.08. The molecule has 1 rings (SSSR count). The number of halogens is 2. The van der Waals surface area contributed by atoms with Gasteiger partial charge in [0.1, 0.15) is 5.82 Å². The van der Waals surface area contributed by atoms with Crippen LogP contribution < -0.4 is 5.32 Å². The summed E-state index contributed by atoms with van der Waals surface area (Å²) in [5.74, 6) is 0.290. The lowest BCUT2D eigenvalue weighted by molar-refractivity contribution is -0.118. The van der Waals surface area contributed by atoms with Gasteiger partial charge in [-0.2, -0.15) is 0 Å². The van der Waals surface area contributed by atoms with Crippen molar-refractivity contribution in [3.63, 3.8) is 0 Å². The van der Waals surface area contributed by atoms with Crippen molar-refractivity contribution in [1.29, 1.82) is 0 Å². The molecule has 0 saturated heterocycles. The number of amides is 1. The van der Waals surface area contributed by atoms with E-state index in [1.165, 1.54) is 17.8 Å². The molecule has 20 heavy (non-hydrogen) atoms. The number of hydrogen-bond donors (Lipinski definition) is 1. The first-order chi connectivity index (χ1) is 9.65. The third-order valence-corrected chi connectivity index (χ3v) is 3.85. The highest BCUT2D eigenvalue weighted by Crippen LogP contribution is 2.23. The highest BCUT2D eigenvalue weighted by molar-refractivity contribution is 7.99. The average Bonchev–Trinajstić information content (AvgIpc) is 2.42. The molecule has 1 aromatic rings. The number of rotatable bonds is 9. The largest absolute Gasteiger partial charge is 0.382 e. The number of ether oxygens (including phenoxy) is 1. The van der Waals surface area contributed by atoms with Crippen molar-refractivity contribution in [2.24, 2.45) is 0 Å². The fourth-order valence-electron chi connectivity index (χ4n) is 1.51. The maximum absolute atomic E-state index is 13.5. The molecule has 0 atom stereocenters. The summed E-state index contributed by atoms with van der Waals surface area (Å²) in [6.07, 6.45) is 0.795. The summed E-state index contributed by atoms with van der Waals surface area (Å²) in [5.41, 5.74) is 0.448. The second-order valence-corrected chi connectivity index (χ2v) is 5.49. The third kappa shape index (κ3) is 6.59. The van der Waals surface area contributed by atoms with Gasteiger partial charge in [0.2, 0.25) is 5.91 Å². The van der Waals surface area contributed by atoms with E-state index in [1.807, 2.05) is 6.92 Å². The standard InChI is InChI=1S/C14H19ClFNO2S/c1-2-19-8-4-7-17-14(18)10-20-9-11-12(15)5-3-6-13(11)16/h3,5-6H,2,4,7-10H2,1H3,(H,17,18). The highest BCUT2D eigenvalue weighted by atomic mass is 35.5. The molecule has 1 aromatic carbocycles. The van der Waals surface area contributed by atoms with Crippen LogP contribution in [0.25, 0.3) is 0 Å². The van der Waals surface area contributed by atoms with Crippen LogP contribution in [0.1, 0.15) is 18.9 Å². The van der Waals surface area contributed by atoms with Crippen molar-refractivity contribution in [3.8, 4) is 0 Å². The van der Waals surface area contributed by atoms with E-state index >= 15 is 0 Å². The van der Waals surface area contributed by atoms with Gasteiger partial charge in [0, 0.05) is 36.1 Å². The normalized spacial score (nSPS) is 10.6. The first kappa shape index (κ1) is 17.3. The monoisotopic (exact) mass is 319 g/mol. The van der Waals surface area contributed by atoms with E-state index in [-0.39, 0.29) is 11.7 Å². The van der Waals surface area contributed by atoms with Gasteiger partial charge in [-0.3, -0.25) is 4.79 Å². The maximum atomic E-state index is 13.5. The van der Waals surface area contributed by atoms with Gasteiger partial charge in [0.15, 0.2) is 0 Å². The molecule has 0 aliphatic carbocycles. The summed E-state index contributed by atoms with van der Waals surface area (Å²) in [7, 11) is 0. The van der Waals surface area contributed by atoms with Crippen molar-refractivity contribution >= 4 is 29.3 Å². The van der Waals surface area contributed by atoms with Crippen LogP contribution in [0.4, 0.5) is 4.39 Å². The SMILES string of the molecule is CCOCCCNC(=O)CSCc1c(F)cccc1Cl. The molecular formula is C14H19ClFNO2S. The molecular weight excluding hydrogens is 301 g/mol. The quantitative estimate of drug-likeness (QED) is 0.710. The van der Waals surface area contributed by atoms with E-state index in [1.54, 1.807) is 12.1 Å². The molecule has 0 aliphatic heterocycles. The summed E-state index contributed by atoms with van der Waals surface area (Å²) >= 11 is 7.25. The molecule has 0 spiro atoms. The topological polar surface area (TPSA) is 38.3 Å². The number of carbonyl (C=O) groups excluding carboxylic acids is 1. The second-order valence-electron chi connectivity index (χ2n) is 4.09. The number of nitrogens with one attached hydrogen (secondary N) is 1. The molecule has 112 valence electrons. The molecule has 1 amide bonds. The predicted molar refractivity (Wildman–Crippen MR) is 81.7 cm³/mol. The van der Waals surface area contributed by atoms with Crippen LogP contribution in [0, 0.1) is 5.82 Å². The minimum atomic E-state index is -0.331. The fraction of sp³-hybridized carbons (Fsp3) is 0.500. The van der Waals surface area contributed by atoms with Crippen LogP contribution in [-0.2, 0) is 15.3 Å². The van der Waals surface area contributed by atoms with Crippen LogP contribution in [-0.4, -0.2) is 31.4 Å². The Labute approximate surface area is 128 Å². The zero-order valence-corrected chi connectivity index (χ0v) is 13.0. The molecule has 0 heterocycles. The second kappa shape index (κ2) is 10.0. The van der Waals surface area contributed by atoms with Crippen LogP contribution in [0.3, 0.4) is 0 Å². The van der Waals surface area contributed by atoms with Crippen LogP contribution >= 0.6 is 23.4 Å². The number of carbonyl (C=O) groups is 1. The van der Waals surface area contributed by atoms with E-state index in [0.29, 0.717) is 41.9 Å². The first-order valence-corrected chi connectivity index (χ1v) is 8.03. The van der Waals surface area contributed by atoms with Gasteiger partial charge in [-0.25, -0.2) is 4.39 Å². The zero-order chi connectivity index (χ0) is 14.8. The molecule has 0 saturated carbocycles. The van der Waals surface area contributed by atoms with E-state index in [9.17, 15) is 9.18 Å². The van der Waals surface area contributed by atoms with Crippen molar-refractivity contribution in [2.75, 3.05) is 25.5 Å². The van der Waals surface area contributed by atoms with Crippen molar-refractivity contribution in [3.05, 3.63) is 34.6 Å². The lowest BCUT2D eigenvalue weighted by atomic mass is 10.2. The Bertz CT molecular complexity index is 411. The number of hydrogen-bond acceptors (Lipinski definition) is 3. The van der Waals surface area contributed by atoms with E-state index in [2.05, 4.69) is 5.32 Å². The van der Waals surface area contributed by atoms with Crippen LogP contribution in [0.2, 0.25) is 5.02 Å². The molecule has 0 aliphatic rings. The molecule has 0 aromatic heterocycles. The minimum absolute atomic E-state index is 0.0565. The fourth-order valence-corrected chi connectivity index (χ4v) is 2.71. The Morgan fingerprint density at radius 3 is 3.00 bits per heavy atom. The average molecular weight is 320 g/mol. The Hall–Kier alpha value is -0.780. The van der Waals surface area contributed by atoms with Gasteiger partial charge in [0.25, 0.3) is 0 Å². The van der Waals surface area contributed by atoms with Crippen molar-refractivity contribution < 1.29 is 13.9 Å². The molecule has 1 N–H and O–H groups in total. The minimum Gasteiger partial charge on any atom is -0.382 e. The number of benzene rings is 1. The van der Waals surface area contributed by atoms with Gasteiger partial charge in [0.05, 0.1) is 5.75 Å². The predicted octanol–water partition coefficient (Wildman–Crippen LogP) is 3.26. The molecule has 6 heteroatoms. The van der Waals surface area contributed by atoms with Gasteiger partial charge in [-0.15, -0.1) is 11.8 Å². The van der Waals surface area contributed by atoms with Crippen molar-refractivity contribution in [1.82, 2.24) is 5.32 Å². The summed E-state index contributed by atoms with van der Waals surface area (Å²) < 4.78 is 18.7. The van der Waals surface area contributed by atoms with E-state index < -0.39 is 0 Å². The smallest absolute Gasteiger partial charge is 0.230 e. The Kier molecular flexibility index (Phi) is 8.65. The van der Waals surface area contributed by atoms with Gasteiger partial charge in [-0.1, -0.05) is 17.7 Å². The third-order valence-electron chi connectivity index (χ3n) is 2.53. The van der Waals surface area contributed by atoms with Gasteiger partial charge >= 0.3 is 0 Å².